The van der Waals surface area contributed by atoms with Gasteiger partial charge in [-0.05, 0) is 53.9 Å². The van der Waals surface area contributed by atoms with E-state index in [1.54, 1.807) is 0 Å². The first kappa shape index (κ1) is 14.0. The lowest BCUT2D eigenvalue weighted by molar-refractivity contribution is -0.120. The summed E-state index contributed by atoms with van der Waals surface area (Å²) in [7, 11) is 0. The van der Waals surface area contributed by atoms with Crippen molar-refractivity contribution < 1.29 is 9.53 Å². The first-order valence-electron chi connectivity index (χ1n) is 7.65. The molecule has 108 valence electrons. The Morgan fingerprint density at radius 2 is 2.15 bits per heavy atom. The summed E-state index contributed by atoms with van der Waals surface area (Å²) in [5, 5.41) is 0. The largest absolute Gasteiger partial charge is 0.493 e. The first-order valence-corrected chi connectivity index (χ1v) is 8.81. The van der Waals surface area contributed by atoms with Crippen LogP contribution in [-0.4, -0.2) is 23.9 Å². The molecule has 0 unspecified atom stereocenters. The van der Waals surface area contributed by atoms with E-state index in [2.05, 4.69) is 18.2 Å². The first-order chi connectivity index (χ1) is 9.81. The van der Waals surface area contributed by atoms with Crippen molar-refractivity contribution in [1.82, 2.24) is 0 Å². The summed E-state index contributed by atoms with van der Waals surface area (Å²) in [6.45, 7) is 0.803. The number of benzene rings is 1. The van der Waals surface area contributed by atoms with Crippen LogP contribution in [0.15, 0.2) is 18.2 Å². The van der Waals surface area contributed by atoms with Crippen LogP contribution in [0.1, 0.15) is 36.8 Å². The van der Waals surface area contributed by atoms with E-state index in [-0.39, 0.29) is 0 Å². The second kappa shape index (κ2) is 6.66. The molecule has 0 radical (unpaired) electrons. The van der Waals surface area contributed by atoms with Gasteiger partial charge >= 0.3 is 0 Å². The van der Waals surface area contributed by atoms with Gasteiger partial charge in [-0.15, -0.1) is 0 Å². The third kappa shape index (κ3) is 3.57. The zero-order valence-corrected chi connectivity index (χ0v) is 12.7. The second-order valence-electron chi connectivity index (χ2n) is 5.84. The fourth-order valence-corrected chi connectivity index (χ4v) is 4.26. The Morgan fingerprint density at radius 1 is 1.30 bits per heavy atom. The lowest BCUT2D eigenvalue weighted by Crippen LogP contribution is -2.14. The maximum Gasteiger partial charge on any atom is 0.133 e. The van der Waals surface area contributed by atoms with E-state index in [0.717, 1.165) is 31.6 Å². The molecular weight excluding hydrogens is 268 g/mol. The van der Waals surface area contributed by atoms with Crippen LogP contribution in [-0.2, 0) is 17.6 Å². The minimum absolute atomic E-state index is 0.443. The Balaban J connectivity index is 1.47. The highest BCUT2D eigenvalue weighted by molar-refractivity contribution is 7.99. The number of carbonyl (C=O) groups excluding carboxylic acids is 1. The molecule has 3 heteroatoms. The predicted molar refractivity (Wildman–Crippen MR) is 83.6 cm³/mol. The zero-order chi connectivity index (χ0) is 13.8. The van der Waals surface area contributed by atoms with E-state index >= 15 is 0 Å². The fourth-order valence-electron chi connectivity index (χ4n) is 3.05. The fraction of sp³-hybridized carbons (Fsp3) is 0.588. The summed E-state index contributed by atoms with van der Waals surface area (Å²) in [5.41, 5.74) is 2.58. The van der Waals surface area contributed by atoms with Crippen LogP contribution in [0.2, 0.25) is 0 Å². The highest BCUT2D eigenvalue weighted by Crippen LogP contribution is 2.28. The van der Waals surface area contributed by atoms with E-state index in [0.29, 0.717) is 18.1 Å². The van der Waals surface area contributed by atoms with Crippen LogP contribution in [0.3, 0.4) is 0 Å². The molecule has 2 nitrogen and oxygen atoms in total. The maximum atomic E-state index is 12.1. The second-order valence-corrected chi connectivity index (χ2v) is 7.06. The quantitative estimate of drug-likeness (QED) is 0.828. The number of thioether (sulfide) groups is 1. The number of fused-ring (bicyclic) bond motifs is 1. The standard InChI is InChI=1S/C17H22O2S/c18-16(12-14-6-9-20-10-7-14)3-1-13-2-4-17-15(11-13)5-8-19-17/h2,4,11,14H,1,3,5-10,12H2. The van der Waals surface area contributed by atoms with Crippen molar-refractivity contribution in [3.05, 3.63) is 29.3 Å². The summed E-state index contributed by atoms with van der Waals surface area (Å²) >= 11 is 2.02. The molecule has 2 aliphatic heterocycles. The molecule has 1 aromatic rings. The van der Waals surface area contributed by atoms with Gasteiger partial charge in [0.25, 0.3) is 0 Å². The van der Waals surface area contributed by atoms with Crippen molar-refractivity contribution in [2.45, 2.75) is 38.5 Å². The highest BCUT2D eigenvalue weighted by Gasteiger charge is 2.17. The van der Waals surface area contributed by atoms with Gasteiger partial charge in [-0.25, -0.2) is 0 Å². The number of carbonyl (C=O) groups is 1. The predicted octanol–water partition coefficient (Wildman–Crippen LogP) is 3.66. The summed E-state index contributed by atoms with van der Waals surface area (Å²) < 4.78 is 5.51. The molecule has 0 aliphatic carbocycles. The van der Waals surface area contributed by atoms with Crippen LogP contribution < -0.4 is 4.74 Å². The minimum atomic E-state index is 0.443. The maximum absolute atomic E-state index is 12.1. The van der Waals surface area contributed by atoms with Gasteiger partial charge in [-0.2, -0.15) is 11.8 Å². The third-order valence-corrected chi connectivity index (χ3v) is 5.35. The van der Waals surface area contributed by atoms with Crippen molar-refractivity contribution in [3.8, 4) is 5.75 Å². The lowest BCUT2D eigenvalue weighted by Gasteiger charge is -2.20. The van der Waals surface area contributed by atoms with E-state index < -0.39 is 0 Å². The van der Waals surface area contributed by atoms with Crippen LogP contribution in [0.5, 0.6) is 5.75 Å². The number of aryl methyl sites for hydroxylation is 1. The average molecular weight is 290 g/mol. The van der Waals surface area contributed by atoms with Crippen molar-refractivity contribution >= 4 is 17.5 Å². The van der Waals surface area contributed by atoms with Crippen molar-refractivity contribution in [3.63, 3.8) is 0 Å². The normalized spacial score (nSPS) is 18.6. The zero-order valence-electron chi connectivity index (χ0n) is 11.9. The molecule has 1 aromatic carbocycles. The Labute approximate surface area is 125 Å². The number of Topliss-reactive ketones (excluding diaryl/α,β-unsaturated/α-hetero) is 1. The third-order valence-electron chi connectivity index (χ3n) is 4.30. The highest BCUT2D eigenvalue weighted by atomic mass is 32.2. The van der Waals surface area contributed by atoms with E-state index in [1.165, 1.54) is 35.5 Å². The molecule has 0 atom stereocenters. The summed E-state index contributed by atoms with van der Waals surface area (Å²) in [4.78, 5) is 12.1. The van der Waals surface area contributed by atoms with Crippen molar-refractivity contribution in [2.24, 2.45) is 5.92 Å². The summed E-state index contributed by atoms with van der Waals surface area (Å²) in [6, 6.07) is 6.38. The molecule has 0 spiro atoms. The Kier molecular flexibility index (Phi) is 4.66. The SMILES string of the molecule is O=C(CCc1ccc2c(c1)CCO2)CC1CCSCC1. The number of ketones is 1. The number of rotatable bonds is 5. The number of hydrogen-bond donors (Lipinski definition) is 0. The number of ether oxygens (including phenoxy) is 1. The Morgan fingerprint density at radius 3 is 3.00 bits per heavy atom. The van der Waals surface area contributed by atoms with Gasteiger partial charge < -0.3 is 4.74 Å². The van der Waals surface area contributed by atoms with Crippen LogP contribution in [0, 0.1) is 5.92 Å². The molecule has 20 heavy (non-hydrogen) atoms. The lowest BCUT2D eigenvalue weighted by atomic mass is 9.93. The van der Waals surface area contributed by atoms with E-state index in [1.807, 2.05) is 11.8 Å². The number of hydrogen-bond acceptors (Lipinski definition) is 3. The molecule has 2 aliphatic rings. The van der Waals surface area contributed by atoms with E-state index in [9.17, 15) is 4.79 Å². The van der Waals surface area contributed by atoms with Gasteiger partial charge in [0.2, 0.25) is 0 Å². The average Bonchev–Trinajstić information content (AvgIpc) is 2.93. The topological polar surface area (TPSA) is 26.3 Å². The molecular formula is C17H22O2S. The van der Waals surface area contributed by atoms with E-state index in [4.69, 9.17) is 4.74 Å². The monoisotopic (exact) mass is 290 g/mol. The van der Waals surface area contributed by atoms with Gasteiger partial charge in [-0.1, -0.05) is 12.1 Å². The summed E-state index contributed by atoms with van der Waals surface area (Å²) in [6.07, 6.45) is 5.85. The molecule has 2 heterocycles. The molecule has 1 saturated heterocycles. The molecule has 1 fully saturated rings. The minimum Gasteiger partial charge on any atom is -0.493 e. The molecule has 0 N–H and O–H groups in total. The Bertz CT molecular complexity index is 478. The van der Waals surface area contributed by atoms with Crippen molar-refractivity contribution in [2.75, 3.05) is 18.1 Å². The Hall–Kier alpha value is -0.960. The van der Waals surface area contributed by atoms with Gasteiger partial charge in [0.1, 0.15) is 11.5 Å². The molecule has 3 rings (SSSR count). The van der Waals surface area contributed by atoms with Crippen molar-refractivity contribution in [1.29, 1.82) is 0 Å². The smallest absolute Gasteiger partial charge is 0.133 e. The summed E-state index contributed by atoms with van der Waals surface area (Å²) in [5.74, 6) is 4.60. The van der Waals surface area contributed by atoms with Crippen LogP contribution in [0.4, 0.5) is 0 Å². The van der Waals surface area contributed by atoms with Gasteiger partial charge in [0.15, 0.2) is 0 Å². The van der Waals surface area contributed by atoms with Crippen LogP contribution >= 0.6 is 11.8 Å². The van der Waals surface area contributed by atoms with Gasteiger partial charge in [-0.3, -0.25) is 4.79 Å². The molecule has 0 saturated carbocycles. The van der Waals surface area contributed by atoms with Crippen LogP contribution in [0.25, 0.3) is 0 Å². The molecule has 0 bridgehead atoms. The molecule has 0 amide bonds. The molecule has 0 aromatic heterocycles. The van der Waals surface area contributed by atoms with Gasteiger partial charge in [0.05, 0.1) is 6.61 Å². The van der Waals surface area contributed by atoms with Gasteiger partial charge in [0, 0.05) is 19.3 Å².